The standard InChI is InChI=1S/C10H13N3O3/c1-6(11)9(14)13-5-8-4-7(10(15)16)2-3-12-8/h2-4,6H,5,11H2,1H3,(H,13,14)(H,15,16). The van der Waals surface area contributed by atoms with Gasteiger partial charge in [-0.2, -0.15) is 0 Å². The minimum Gasteiger partial charge on any atom is -0.478 e. The second kappa shape index (κ2) is 5.22. The summed E-state index contributed by atoms with van der Waals surface area (Å²) in [7, 11) is 0. The molecular weight excluding hydrogens is 210 g/mol. The number of carbonyl (C=O) groups is 2. The minimum absolute atomic E-state index is 0.139. The third kappa shape index (κ3) is 3.32. The molecule has 6 heteroatoms. The number of aromatic carboxylic acids is 1. The second-order valence-electron chi connectivity index (χ2n) is 3.35. The quantitative estimate of drug-likeness (QED) is 0.652. The zero-order valence-corrected chi connectivity index (χ0v) is 8.80. The van der Waals surface area contributed by atoms with Crippen molar-refractivity contribution >= 4 is 11.9 Å². The summed E-state index contributed by atoms with van der Waals surface area (Å²) in [5, 5.41) is 11.3. The Balaban J connectivity index is 2.64. The second-order valence-corrected chi connectivity index (χ2v) is 3.35. The third-order valence-electron chi connectivity index (χ3n) is 1.92. The molecule has 0 saturated heterocycles. The van der Waals surface area contributed by atoms with Gasteiger partial charge in [0, 0.05) is 6.20 Å². The highest BCUT2D eigenvalue weighted by molar-refractivity contribution is 5.87. The first-order chi connectivity index (χ1) is 7.50. The van der Waals surface area contributed by atoms with E-state index < -0.39 is 12.0 Å². The molecule has 16 heavy (non-hydrogen) atoms. The summed E-state index contributed by atoms with van der Waals surface area (Å²) in [4.78, 5) is 25.8. The van der Waals surface area contributed by atoms with E-state index in [1.807, 2.05) is 0 Å². The maximum atomic E-state index is 11.2. The number of carboxylic acid groups (broad SMARTS) is 1. The topological polar surface area (TPSA) is 105 Å². The van der Waals surface area contributed by atoms with Crippen molar-refractivity contribution in [2.75, 3.05) is 0 Å². The van der Waals surface area contributed by atoms with Crippen LogP contribution in [-0.2, 0) is 11.3 Å². The molecule has 6 nitrogen and oxygen atoms in total. The van der Waals surface area contributed by atoms with Crippen molar-refractivity contribution in [3.8, 4) is 0 Å². The van der Waals surface area contributed by atoms with E-state index in [9.17, 15) is 9.59 Å². The van der Waals surface area contributed by atoms with Gasteiger partial charge < -0.3 is 16.2 Å². The van der Waals surface area contributed by atoms with Crippen LogP contribution in [0, 0.1) is 0 Å². The van der Waals surface area contributed by atoms with E-state index in [-0.39, 0.29) is 18.0 Å². The fraction of sp³-hybridized carbons (Fsp3) is 0.300. The van der Waals surface area contributed by atoms with Crippen molar-refractivity contribution in [2.24, 2.45) is 5.73 Å². The highest BCUT2D eigenvalue weighted by Gasteiger charge is 2.08. The fourth-order valence-corrected chi connectivity index (χ4v) is 1.05. The van der Waals surface area contributed by atoms with Gasteiger partial charge in [-0.1, -0.05) is 0 Å². The number of carbonyl (C=O) groups excluding carboxylic acids is 1. The van der Waals surface area contributed by atoms with Crippen molar-refractivity contribution in [1.82, 2.24) is 10.3 Å². The number of amides is 1. The van der Waals surface area contributed by atoms with Gasteiger partial charge in [-0.25, -0.2) is 4.79 Å². The van der Waals surface area contributed by atoms with Gasteiger partial charge in [-0.15, -0.1) is 0 Å². The first-order valence-electron chi connectivity index (χ1n) is 4.72. The normalized spacial score (nSPS) is 11.9. The molecule has 0 bridgehead atoms. The fourth-order valence-electron chi connectivity index (χ4n) is 1.05. The predicted molar refractivity (Wildman–Crippen MR) is 56.7 cm³/mol. The third-order valence-corrected chi connectivity index (χ3v) is 1.92. The van der Waals surface area contributed by atoms with E-state index in [4.69, 9.17) is 10.8 Å². The summed E-state index contributed by atoms with van der Waals surface area (Å²) < 4.78 is 0. The lowest BCUT2D eigenvalue weighted by atomic mass is 10.2. The van der Waals surface area contributed by atoms with Crippen LogP contribution in [0.3, 0.4) is 0 Å². The summed E-state index contributed by atoms with van der Waals surface area (Å²) >= 11 is 0. The smallest absolute Gasteiger partial charge is 0.335 e. The van der Waals surface area contributed by atoms with Gasteiger partial charge in [0.05, 0.1) is 23.8 Å². The molecule has 4 N–H and O–H groups in total. The number of carboxylic acids is 1. The van der Waals surface area contributed by atoms with Crippen molar-refractivity contribution in [3.63, 3.8) is 0 Å². The Labute approximate surface area is 92.5 Å². The lowest BCUT2D eigenvalue weighted by molar-refractivity contribution is -0.122. The molecule has 0 aromatic carbocycles. The Morgan fingerprint density at radius 2 is 2.31 bits per heavy atom. The minimum atomic E-state index is -1.03. The number of nitrogens with two attached hydrogens (primary N) is 1. The summed E-state index contributed by atoms with van der Waals surface area (Å²) in [6.07, 6.45) is 1.39. The largest absolute Gasteiger partial charge is 0.478 e. The first kappa shape index (κ1) is 12.1. The molecule has 1 amide bonds. The van der Waals surface area contributed by atoms with Crippen molar-refractivity contribution in [1.29, 1.82) is 0 Å². The number of rotatable bonds is 4. The Morgan fingerprint density at radius 3 is 2.88 bits per heavy atom. The SMILES string of the molecule is CC(N)C(=O)NCc1cc(C(=O)O)ccn1. The number of nitrogens with zero attached hydrogens (tertiary/aromatic N) is 1. The number of pyridine rings is 1. The molecule has 0 aliphatic heterocycles. The highest BCUT2D eigenvalue weighted by Crippen LogP contribution is 2.01. The summed E-state index contributed by atoms with van der Waals surface area (Å²) in [5.41, 5.74) is 5.97. The zero-order chi connectivity index (χ0) is 12.1. The van der Waals surface area contributed by atoms with Crippen LogP contribution in [0.25, 0.3) is 0 Å². The van der Waals surface area contributed by atoms with Gasteiger partial charge in [0.15, 0.2) is 0 Å². The van der Waals surface area contributed by atoms with E-state index in [0.717, 1.165) is 0 Å². The van der Waals surface area contributed by atoms with E-state index >= 15 is 0 Å². The number of hydrogen-bond donors (Lipinski definition) is 3. The van der Waals surface area contributed by atoms with Crippen LogP contribution in [0.4, 0.5) is 0 Å². The van der Waals surface area contributed by atoms with Crippen LogP contribution in [0.15, 0.2) is 18.3 Å². The lowest BCUT2D eigenvalue weighted by Crippen LogP contribution is -2.37. The molecule has 0 aliphatic carbocycles. The van der Waals surface area contributed by atoms with Crippen molar-refractivity contribution in [3.05, 3.63) is 29.6 Å². The molecule has 1 atom stereocenters. The van der Waals surface area contributed by atoms with E-state index in [2.05, 4.69) is 10.3 Å². The van der Waals surface area contributed by atoms with Gasteiger partial charge in [0.2, 0.25) is 5.91 Å². The average Bonchev–Trinajstić information content (AvgIpc) is 2.26. The molecular formula is C10H13N3O3. The molecule has 0 radical (unpaired) electrons. The molecule has 0 aliphatic rings. The van der Waals surface area contributed by atoms with E-state index in [1.165, 1.54) is 18.3 Å². The molecule has 0 saturated carbocycles. The Kier molecular flexibility index (Phi) is 3.96. The molecule has 1 rings (SSSR count). The van der Waals surface area contributed by atoms with Gasteiger partial charge in [-0.05, 0) is 19.1 Å². The lowest BCUT2D eigenvalue weighted by Gasteiger charge is -2.07. The molecule has 1 aromatic rings. The summed E-state index contributed by atoms with van der Waals surface area (Å²) in [6, 6.07) is 2.20. The zero-order valence-electron chi connectivity index (χ0n) is 8.80. The highest BCUT2D eigenvalue weighted by atomic mass is 16.4. The number of nitrogens with one attached hydrogen (secondary N) is 1. The molecule has 86 valence electrons. The van der Waals surface area contributed by atoms with Crippen LogP contribution in [0.1, 0.15) is 23.0 Å². The summed E-state index contributed by atoms with van der Waals surface area (Å²) in [6.45, 7) is 1.73. The van der Waals surface area contributed by atoms with E-state index in [0.29, 0.717) is 5.69 Å². The van der Waals surface area contributed by atoms with Crippen molar-refractivity contribution in [2.45, 2.75) is 19.5 Å². The Morgan fingerprint density at radius 1 is 1.62 bits per heavy atom. The van der Waals surface area contributed by atoms with Gasteiger partial charge in [0.1, 0.15) is 0 Å². The van der Waals surface area contributed by atoms with Crippen LogP contribution in [0.2, 0.25) is 0 Å². The van der Waals surface area contributed by atoms with Gasteiger partial charge in [-0.3, -0.25) is 9.78 Å². The molecule has 0 spiro atoms. The predicted octanol–water partition coefficient (Wildman–Crippen LogP) is -0.257. The average molecular weight is 223 g/mol. The molecule has 1 aromatic heterocycles. The first-order valence-corrected chi connectivity index (χ1v) is 4.72. The maximum absolute atomic E-state index is 11.2. The van der Waals surface area contributed by atoms with Gasteiger partial charge in [0.25, 0.3) is 0 Å². The van der Waals surface area contributed by atoms with Crippen LogP contribution >= 0.6 is 0 Å². The molecule has 1 heterocycles. The monoisotopic (exact) mass is 223 g/mol. The van der Waals surface area contributed by atoms with Crippen LogP contribution in [0.5, 0.6) is 0 Å². The van der Waals surface area contributed by atoms with Gasteiger partial charge >= 0.3 is 5.97 Å². The maximum Gasteiger partial charge on any atom is 0.335 e. The summed E-state index contributed by atoms with van der Waals surface area (Å²) in [5.74, 6) is -1.33. The Bertz CT molecular complexity index is 404. The molecule has 1 unspecified atom stereocenters. The molecule has 0 fully saturated rings. The van der Waals surface area contributed by atoms with E-state index in [1.54, 1.807) is 6.92 Å². The number of aromatic nitrogens is 1. The number of hydrogen-bond acceptors (Lipinski definition) is 4. The van der Waals surface area contributed by atoms with Crippen LogP contribution in [-0.4, -0.2) is 28.0 Å². The van der Waals surface area contributed by atoms with Crippen LogP contribution < -0.4 is 11.1 Å². The van der Waals surface area contributed by atoms with Crippen molar-refractivity contribution < 1.29 is 14.7 Å². The Hall–Kier alpha value is -1.95.